The standard InChI is InChI=1S/C15H17N3O2/c1-11-4-9-14(20-11)15(19)17-16-10-12-5-7-13(8-6-12)18(2)3/h4-10H,1-3H3,(H,17,19)/b16-10-. The predicted molar refractivity (Wildman–Crippen MR) is 79.3 cm³/mol. The van der Waals surface area contributed by atoms with Gasteiger partial charge in [-0.05, 0) is 36.8 Å². The molecule has 1 heterocycles. The summed E-state index contributed by atoms with van der Waals surface area (Å²) in [5.74, 6) is 0.584. The first kappa shape index (κ1) is 13.9. The number of carbonyl (C=O) groups is 1. The average molecular weight is 271 g/mol. The SMILES string of the molecule is Cc1ccc(C(=O)N/N=C\c2ccc(N(C)C)cc2)o1. The molecule has 2 aromatic rings. The lowest BCUT2D eigenvalue weighted by atomic mass is 10.2. The van der Waals surface area contributed by atoms with E-state index in [1.165, 1.54) is 0 Å². The molecule has 1 N–H and O–H groups in total. The Balaban J connectivity index is 1.94. The van der Waals surface area contributed by atoms with E-state index in [1.54, 1.807) is 25.3 Å². The molecule has 1 aromatic heterocycles. The van der Waals surface area contributed by atoms with E-state index in [0.29, 0.717) is 5.76 Å². The van der Waals surface area contributed by atoms with Crippen LogP contribution in [0.3, 0.4) is 0 Å². The normalized spacial score (nSPS) is 10.8. The molecular weight excluding hydrogens is 254 g/mol. The lowest BCUT2D eigenvalue weighted by Crippen LogP contribution is -2.16. The molecule has 0 bridgehead atoms. The van der Waals surface area contributed by atoms with Gasteiger partial charge in [-0.2, -0.15) is 5.10 Å². The third-order valence-electron chi connectivity index (χ3n) is 2.75. The summed E-state index contributed by atoms with van der Waals surface area (Å²) >= 11 is 0. The van der Waals surface area contributed by atoms with Crippen LogP contribution in [0.2, 0.25) is 0 Å². The van der Waals surface area contributed by atoms with E-state index in [9.17, 15) is 4.79 Å². The van der Waals surface area contributed by atoms with Gasteiger partial charge in [0.05, 0.1) is 6.21 Å². The quantitative estimate of drug-likeness (QED) is 0.686. The molecule has 20 heavy (non-hydrogen) atoms. The highest BCUT2D eigenvalue weighted by atomic mass is 16.3. The van der Waals surface area contributed by atoms with E-state index in [0.717, 1.165) is 11.3 Å². The van der Waals surface area contributed by atoms with E-state index in [2.05, 4.69) is 10.5 Å². The molecule has 0 aliphatic heterocycles. The fraction of sp³-hybridized carbons (Fsp3) is 0.200. The van der Waals surface area contributed by atoms with Gasteiger partial charge in [0.25, 0.3) is 0 Å². The van der Waals surface area contributed by atoms with Crippen molar-refractivity contribution < 1.29 is 9.21 Å². The molecule has 5 nitrogen and oxygen atoms in total. The zero-order valence-electron chi connectivity index (χ0n) is 11.8. The number of aryl methyl sites for hydroxylation is 1. The number of nitrogens with one attached hydrogen (secondary N) is 1. The molecule has 0 saturated heterocycles. The molecule has 0 fully saturated rings. The zero-order valence-corrected chi connectivity index (χ0v) is 11.8. The minimum Gasteiger partial charge on any atom is -0.456 e. The van der Waals surface area contributed by atoms with Crippen molar-refractivity contribution in [3.05, 3.63) is 53.5 Å². The summed E-state index contributed by atoms with van der Waals surface area (Å²) in [4.78, 5) is 13.7. The minimum absolute atomic E-state index is 0.252. The summed E-state index contributed by atoms with van der Waals surface area (Å²) in [5.41, 5.74) is 4.44. The first-order chi connectivity index (χ1) is 9.56. The Labute approximate surface area is 117 Å². The van der Waals surface area contributed by atoms with E-state index < -0.39 is 0 Å². The number of anilines is 1. The smallest absolute Gasteiger partial charge is 0.307 e. The Hall–Kier alpha value is -2.56. The van der Waals surface area contributed by atoms with Gasteiger partial charge in [-0.15, -0.1) is 0 Å². The van der Waals surface area contributed by atoms with Crippen molar-refractivity contribution in [1.29, 1.82) is 0 Å². The number of hydrogen-bond acceptors (Lipinski definition) is 4. The van der Waals surface area contributed by atoms with Crippen LogP contribution in [0.5, 0.6) is 0 Å². The van der Waals surface area contributed by atoms with Gasteiger partial charge >= 0.3 is 5.91 Å². The van der Waals surface area contributed by atoms with Crippen LogP contribution < -0.4 is 10.3 Å². The van der Waals surface area contributed by atoms with Crippen molar-refractivity contribution in [2.45, 2.75) is 6.92 Å². The zero-order chi connectivity index (χ0) is 14.5. The topological polar surface area (TPSA) is 57.8 Å². The third kappa shape index (κ3) is 3.47. The van der Waals surface area contributed by atoms with Gasteiger partial charge in [0.15, 0.2) is 5.76 Å². The number of amides is 1. The molecular formula is C15H17N3O2. The van der Waals surface area contributed by atoms with Gasteiger partial charge in [-0.25, -0.2) is 5.43 Å². The highest BCUT2D eigenvalue weighted by molar-refractivity contribution is 5.92. The van der Waals surface area contributed by atoms with E-state index in [1.807, 2.05) is 43.3 Å². The molecule has 0 unspecified atom stereocenters. The largest absolute Gasteiger partial charge is 0.456 e. The third-order valence-corrected chi connectivity index (χ3v) is 2.75. The van der Waals surface area contributed by atoms with E-state index >= 15 is 0 Å². The van der Waals surface area contributed by atoms with Gasteiger partial charge in [0, 0.05) is 19.8 Å². The molecule has 104 valence electrons. The molecule has 0 atom stereocenters. The van der Waals surface area contributed by atoms with Crippen molar-refractivity contribution in [1.82, 2.24) is 5.43 Å². The lowest BCUT2D eigenvalue weighted by Gasteiger charge is -2.11. The van der Waals surface area contributed by atoms with Crippen molar-refractivity contribution in [2.24, 2.45) is 5.10 Å². The van der Waals surface area contributed by atoms with Crippen LogP contribution in [0.4, 0.5) is 5.69 Å². The maximum Gasteiger partial charge on any atom is 0.307 e. The summed E-state index contributed by atoms with van der Waals surface area (Å²) in [6.07, 6.45) is 1.59. The molecule has 5 heteroatoms. The average Bonchev–Trinajstić information content (AvgIpc) is 2.86. The first-order valence-electron chi connectivity index (χ1n) is 6.23. The molecule has 0 radical (unpaired) electrons. The Morgan fingerprint density at radius 2 is 1.90 bits per heavy atom. The molecule has 0 saturated carbocycles. The molecule has 1 amide bonds. The Morgan fingerprint density at radius 1 is 1.20 bits per heavy atom. The van der Waals surface area contributed by atoms with Crippen LogP contribution >= 0.6 is 0 Å². The second kappa shape index (κ2) is 6.06. The maximum atomic E-state index is 11.7. The van der Waals surface area contributed by atoms with Crippen LogP contribution in [-0.2, 0) is 0 Å². The highest BCUT2D eigenvalue weighted by Crippen LogP contribution is 2.11. The lowest BCUT2D eigenvalue weighted by molar-refractivity contribution is 0.0926. The van der Waals surface area contributed by atoms with Gasteiger partial charge in [0.2, 0.25) is 0 Å². The second-order valence-electron chi connectivity index (χ2n) is 4.60. The number of hydrogen-bond donors (Lipinski definition) is 1. The van der Waals surface area contributed by atoms with Crippen LogP contribution in [-0.4, -0.2) is 26.2 Å². The van der Waals surface area contributed by atoms with Crippen molar-refractivity contribution in [3.8, 4) is 0 Å². The van der Waals surface area contributed by atoms with Crippen molar-refractivity contribution >= 4 is 17.8 Å². The summed E-state index contributed by atoms with van der Waals surface area (Å²) < 4.78 is 5.20. The van der Waals surface area contributed by atoms with Gasteiger partial charge < -0.3 is 9.32 Å². The first-order valence-corrected chi connectivity index (χ1v) is 6.23. The summed E-state index contributed by atoms with van der Waals surface area (Å²) in [6.45, 7) is 1.78. The van der Waals surface area contributed by atoms with Gasteiger partial charge in [-0.3, -0.25) is 4.79 Å². The summed E-state index contributed by atoms with van der Waals surface area (Å²) in [6, 6.07) is 11.2. The summed E-state index contributed by atoms with van der Waals surface area (Å²) in [7, 11) is 3.96. The number of nitrogens with zero attached hydrogens (tertiary/aromatic N) is 2. The Kier molecular flexibility index (Phi) is 4.20. The van der Waals surface area contributed by atoms with Crippen LogP contribution in [0, 0.1) is 6.92 Å². The van der Waals surface area contributed by atoms with Crippen LogP contribution in [0.1, 0.15) is 21.9 Å². The van der Waals surface area contributed by atoms with Crippen LogP contribution in [0.25, 0.3) is 0 Å². The monoisotopic (exact) mass is 271 g/mol. The van der Waals surface area contributed by atoms with E-state index in [-0.39, 0.29) is 11.7 Å². The minimum atomic E-state index is -0.362. The molecule has 0 aliphatic carbocycles. The number of rotatable bonds is 4. The predicted octanol–water partition coefficient (Wildman–Crippen LogP) is 2.42. The van der Waals surface area contributed by atoms with Crippen molar-refractivity contribution in [2.75, 3.05) is 19.0 Å². The summed E-state index contributed by atoms with van der Waals surface area (Å²) in [5, 5.41) is 3.90. The molecule has 1 aromatic carbocycles. The molecule has 2 rings (SSSR count). The fourth-order valence-corrected chi connectivity index (χ4v) is 1.64. The maximum absolute atomic E-state index is 11.7. The highest BCUT2D eigenvalue weighted by Gasteiger charge is 2.07. The Bertz CT molecular complexity index is 612. The second-order valence-corrected chi connectivity index (χ2v) is 4.60. The molecule has 0 aliphatic rings. The van der Waals surface area contributed by atoms with Crippen molar-refractivity contribution in [3.63, 3.8) is 0 Å². The fourth-order valence-electron chi connectivity index (χ4n) is 1.64. The van der Waals surface area contributed by atoms with Gasteiger partial charge in [-0.1, -0.05) is 12.1 Å². The van der Waals surface area contributed by atoms with Gasteiger partial charge in [0.1, 0.15) is 5.76 Å². The Morgan fingerprint density at radius 3 is 2.45 bits per heavy atom. The number of carbonyl (C=O) groups excluding carboxylic acids is 1. The number of hydrazone groups is 1. The van der Waals surface area contributed by atoms with E-state index in [4.69, 9.17) is 4.42 Å². The van der Waals surface area contributed by atoms with Crippen LogP contribution in [0.15, 0.2) is 45.9 Å². The number of furan rings is 1. The molecule has 0 spiro atoms. The number of benzene rings is 1.